The summed E-state index contributed by atoms with van der Waals surface area (Å²) in [7, 11) is 0. The zero-order chi connectivity index (χ0) is 12.3. The standard InChI is InChI=1S/C15H22O2/c1-15(17,9-4-10-16)14-8-7-12-5-2-3-6-13(12)11-14/h7-8,11,16-17H,2-6,9-10H2,1H3. The summed E-state index contributed by atoms with van der Waals surface area (Å²) >= 11 is 0. The van der Waals surface area contributed by atoms with Crippen molar-refractivity contribution in [1.82, 2.24) is 0 Å². The van der Waals surface area contributed by atoms with Crippen molar-refractivity contribution in [2.24, 2.45) is 0 Å². The van der Waals surface area contributed by atoms with Crippen LogP contribution < -0.4 is 0 Å². The van der Waals surface area contributed by atoms with Crippen molar-refractivity contribution in [3.8, 4) is 0 Å². The molecule has 2 nitrogen and oxygen atoms in total. The first-order chi connectivity index (χ1) is 8.13. The third-order valence-electron chi connectivity index (χ3n) is 3.79. The lowest BCUT2D eigenvalue weighted by atomic mass is 9.85. The van der Waals surface area contributed by atoms with Crippen LogP contribution in [-0.2, 0) is 18.4 Å². The van der Waals surface area contributed by atoms with E-state index < -0.39 is 5.60 Å². The second-order valence-electron chi connectivity index (χ2n) is 5.29. The number of fused-ring (bicyclic) bond motifs is 1. The topological polar surface area (TPSA) is 40.5 Å². The summed E-state index contributed by atoms with van der Waals surface area (Å²) < 4.78 is 0. The zero-order valence-corrected chi connectivity index (χ0v) is 10.6. The van der Waals surface area contributed by atoms with Crippen LogP contribution in [0.5, 0.6) is 0 Å². The van der Waals surface area contributed by atoms with Crippen molar-refractivity contribution in [3.05, 3.63) is 34.9 Å². The summed E-state index contributed by atoms with van der Waals surface area (Å²) in [6, 6.07) is 6.37. The van der Waals surface area contributed by atoms with Gasteiger partial charge in [0.1, 0.15) is 0 Å². The van der Waals surface area contributed by atoms with Crippen LogP contribution in [0.15, 0.2) is 18.2 Å². The van der Waals surface area contributed by atoms with Gasteiger partial charge < -0.3 is 10.2 Å². The number of aliphatic hydroxyl groups is 2. The van der Waals surface area contributed by atoms with Crippen LogP contribution >= 0.6 is 0 Å². The number of rotatable bonds is 4. The Morgan fingerprint density at radius 1 is 1.18 bits per heavy atom. The zero-order valence-electron chi connectivity index (χ0n) is 10.6. The third kappa shape index (κ3) is 2.88. The smallest absolute Gasteiger partial charge is 0.0869 e. The number of aryl methyl sites for hydroxylation is 2. The van der Waals surface area contributed by atoms with Gasteiger partial charge in [-0.1, -0.05) is 18.2 Å². The van der Waals surface area contributed by atoms with Gasteiger partial charge in [0, 0.05) is 6.61 Å². The second kappa shape index (κ2) is 5.19. The maximum absolute atomic E-state index is 10.4. The van der Waals surface area contributed by atoms with Gasteiger partial charge in [0.05, 0.1) is 5.60 Å². The number of benzene rings is 1. The van der Waals surface area contributed by atoms with Gasteiger partial charge in [0.2, 0.25) is 0 Å². The summed E-state index contributed by atoms with van der Waals surface area (Å²) in [5, 5.41) is 19.3. The first-order valence-corrected chi connectivity index (χ1v) is 6.59. The highest BCUT2D eigenvalue weighted by Gasteiger charge is 2.23. The van der Waals surface area contributed by atoms with Crippen LogP contribution in [0.1, 0.15) is 49.3 Å². The van der Waals surface area contributed by atoms with Crippen molar-refractivity contribution >= 4 is 0 Å². The summed E-state index contributed by atoms with van der Waals surface area (Å²) in [4.78, 5) is 0. The predicted octanol–water partition coefficient (Wildman–Crippen LogP) is 2.55. The minimum absolute atomic E-state index is 0.140. The fourth-order valence-corrected chi connectivity index (χ4v) is 2.64. The van der Waals surface area contributed by atoms with E-state index in [0.717, 1.165) is 12.0 Å². The van der Waals surface area contributed by atoms with E-state index in [-0.39, 0.29) is 6.61 Å². The Labute approximate surface area is 103 Å². The van der Waals surface area contributed by atoms with Crippen LogP contribution in [0.25, 0.3) is 0 Å². The van der Waals surface area contributed by atoms with Gasteiger partial charge in [-0.05, 0) is 62.1 Å². The molecule has 0 saturated carbocycles. The molecule has 0 amide bonds. The first-order valence-electron chi connectivity index (χ1n) is 6.59. The SMILES string of the molecule is CC(O)(CCCO)c1ccc2c(c1)CCCC2. The highest BCUT2D eigenvalue weighted by Crippen LogP contribution is 2.30. The highest BCUT2D eigenvalue weighted by atomic mass is 16.3. The Kier molecular flexibility index (Phi) is 3.85. The third-order valence-corrected chi connectivity index (χ3v) is 3.79. The van der Waals surface area contributed by atoms with E-state index in [1.54, 1.807) is 0 Å². The van der Waals surface area contributed by atoms with E-state index in [1.165, 1.54) is 30.4 Å². The van der Waals surface area contributed by atoms with Gasteiger partial charge in [0.25, 0.3) is 0 Å². The molecule has 2 N–H and O–H groups in total. The van der Waals surface area contributed by atoms with Crippen LogP contribution in [0, 0.1) is 0 Å². The number of hydrogen-bond donors (Lipinski definition) is 2. The minimum Gasteiger partial charge on any atom is -0.396 e. The quantitative estimate of drug-likeness (QED) is 0.840. The Bertz CT molecular complexity index is 383. The van der Waals surface area contributed by atoms with Crippen LogP contribution in [0.3, 0.4) is 0 Å². The van der Waals surface area contributed by atoms with Crippen molar-refractivity contribution < 1.29 is 10.2 Å². The van der Waals surface area contributed by atoms with Crippen molar-refractivity contribution in [1.29, 1.82) is 0 Å². The van der Waals surface area contributed by atoms with Crippen LogP contribution in [-0.4, -0.2) is 16.8 Å². The molecule has 0 radical (unpaired) electrons. The summed E-state index contributed by atoms with van der Waals surface area (Å²) in [5.74, 6) is 0. The van der Waals surface area contributed by atoms with Crippen molar-refractivity contribution in [2.45, 2.75) is 51.0 Å². The fraction of sp³-hybridized carbons (Fsp3) is 0.600. The molecule has 0 heterocycles. The highest BCUT2D eigenvalue weighted by molar-refractivity contribution is 5.36. The largest absolute Gasteiger partial charge is 0.396 e. The summed E-state index contributed by atoms with van der Waals surface area (Å²) in [6.45, 7) is 1.98. The Balaban J connectivity index is 2.20. The molecule has 1 aromatic carbocycles. The predicted molar refractivity (Wildman–Crippen MR) is 69.0 cm³/mol. The molecular formula is C15H22O2. The van der Waals surface area contributed by atoms with Crippen LogP contribution in [0.2, 0.25) is 0 Å². The fourth-order valence-electron chi connectivity index (χ4n) is 2.64. The maximum Gasteiger partial charge on any atom is 0.0869 e. The average molecular weight is 234 g/mol. The molecule has 1 atom stereocenters. The molecule has 0 aromatic heterocycles. The van der Waals surface area contributed by atoms with Gasteiger partial charge in [-0.2, -0.15) is 0 Å². The molecule has 0 bridgehead atoms. The van der Waals surface area contributed by atoms with Gasteiger partial charge in [-0.25, -0.2) is 0 Å². The number of aliphatic hydroxyl groups excluding tert-OH is 1. The normalized spacial score (nSPS) is 18.5. The van der Waals surface area contributed by atoms with E-state index in [9.17, 15) is 5.11 Å². The van der Waals surface area contributed by atoms with Crippen LogP contribution in [0.4, 0.5) is 0 Å². The molecule has 0 saturated heterocycles. The minimum atomic E-state index is -0.810. The summed E-state index contributed by atoms with van der Waals surface area (Å²) in [6.07, 6.45) is 6.11. The van der Waals surface area contributed by atoms with Crippen molar-refractivity contribution in [3.63, 3.8) is 0 Å². The molecule has 1 aromatic rings. The molecule has 0 fully saturated rings. The van der Waals surface area contributed by atoms with E-state index in [1.807, 2.05) is 13.0 Å². The molecule has 0 aliphatic heterocycles. The number of hydrogen-bond acceptors (Lipinski definition) is 2. The molecule has 2 heteroatoms. The van der Waals surface area contributed by atoms with E-state index >= 15 is 0 Å². The van der Waals surface area contributed by atoms with E-state index in [4.69, 9.17) is 5.11 Å². The molecular weight excluding hydrogens is 212 g/mol. The van der Waals surface area contributed by atoms with Crippen molar-refractivity contribution in [2.75, 3.05) is 6.61 Å². The van der Waals surface area contributed by atoms with E-state index in [0.29, 0.717) is 12.8 Å². The molecule has 1 aliphatic carbocycles. The lowest BCUT2D eigenvalue weighted by Gasteiger charge is -2.26. The first kappa shape index (κ1) is 12.6. The maximum atomic E-state index is 10.4. The second-order valence-corrected chi connectivity index (χ2v) is 5.29. The molecule has 1 unspecified atom stereocenters. The molecule has 2 rings (SSSR count). The van der Waals surface area contributed by atoms with Gasteiger partial charge in [-0.3, -0.25) is 0 Å². The average Bonchev–Trinajstić information content (AvgIpc) is 2.36. The van der Waals surface area contributed by atoms with Gasteiger partial charge >= 0.3 is 0 Å². The Morgan fingerprint density at radius 3 is 2.59 bits per heavy atom. The molecule has 0 spiro atoms. The van der Waals surface area contributed by atoms with Gasteiger partial charge in [-0.15, -0.1) is 0 Å². The monoisotopic (exact) mass is 234 g/mol. The Morgan fingerprint density at radius 2 is 1.88 bits per heavy atom. The lowest BCUT2D eigenvalue weighted by Crippen LogP contribution is -2.22. The lowest BCUT2D eigenvalue weighted by molar-refractivity contribution is 0.0402. The summed E-state index contributed by atoms with van der Waals surface area (Å²) in [5.41, 5.74) is 3.03. The molecule has 17 heavy (non-hydrogen) atoms. The Hall–Kier alpha value is -0.860. The van der Waals surface area contributed by atoms with Gasteiger partial charge in [0.15, 0.2) is 0 Å². The van der Waals surface area contributed by atoms with E-state index in [2.05, 4.69) is 12.1 Å². The molecule has 94 valence electrons. The molecule has 1 aliphatic rings.